The Bertz CT molecular complexity index is 235. The number of nitrogens with one attached hydrogen (secondary N) is 1. The summed E-state index contributed by atoms with van der Waals surface area (Å²) in [5.41, 5.74) is 0. The van der Waals surface area contributed by atoms with Gasteiger partial charge in [0.1, 0.15) is 10.4 Å². The molecule has 1 unspecified atom stereocenters. The van der Waals surface area contributed by atoms with Crippen LogP contribution >= 0.6 is 24.8 Å². The molecule has 0 aliphatic carbocycles. The number of thiocarbonyl (C=S) groups is 1. The quantitative estimate of drug-likeness (QED) is 0.325. The molecule has 0 amide bonds. The molecule has 1 atom stereocenters. The molecule has 0 aromatic carbocycles. The summed E-state index contributed by atoms with van der Waals surface area (Å²) in [6.07, 6.45) is 8.92. The van der Waals surface area contributed by atoms with Crippen LogP contribution in [0.2, 0.25) is 0 Å². The summed E-state index contributed by atoms with van der Waals surface area (Å²) in [6, 6.07) is -0.587. The monoisotopic (exact) mass is 277 g/mol. The van der Waals surface area contributed by atoms with Gasteiger partial charge in [-0.1, -0.05) is 64.1 Å². The van der Waals surface area contributed by atoms with Crippen LogP contribution in [0.4, 0.5) is 0 Å². The van der Waals surface area contributed by atoms with Crippen LogP contribution in [-0.2, 0) is 4.79 Å². The number of thiol groups is 1. The van der Waals surface area contributed by atoms with Crippen molar-refractivity contribution in [3.8, 4) is 0 Å². The van der Waals surface area contributed by atoms with Crippen LogP contribution in [0.15, 0.2) is 0 Å². The lowest BCUT2D eigenvalue weighted by Gasteiger charge is -2.13. The highest BCUT2D eigenvalue weighted by Crippen LogP contribution is 2.10. The zero-order valence-corrected chi connectivity index (χ0v) is 12.2. The number of carbonyl (C=O) groups is 1. The normalized spacial score (nSPS) is 12.1. The summed E-state index contributed by atoms with van der Waals surface area (Å²) in [7, 11) is 0. The van der Waals surface area contributed by atoms with E-state index in [-0.39, 0.29) is 4.32 Å². The van der Waals surface area contributed by atoms with Gasteiger partial charge in [-0.15, -0.1) is 12.6 Å². The standard InChI is InChI=1S/C12H23NO2S2/c1-2-3-4-5-6-7-8-9-10(11(14)15)13-12(16)17/h10H,2-9H2,1H3,(H,14,15)(H2,13,16,17). The van der Waals surface area contributed by atoms with Gasteiger partial charge >= 0.3 is 5.97 Å². The van der Waals surface area contributed by atoms with Crippen molar-refractivity contribution in [2.45, 2.75) is 64.3 Å². The lowest BCUT2D eigenvalue weighted by molar-refractivity contribution is -0.139. The van der Waals surface area contributed by atoms with Crippen molar-refractivity contribution in [2.24, 2.45) is 0 Å². The third-order valence-electron chi connectivity index (χ3n) is 2.69. The van der Waals surface area contributed by atoms with Crippen LogP contribution in [0, 0.1) is 0 Å². The molecule has 3 nitrogen and oxygen atoms in total. The Morgan fingerprint density at radius 1 is 1.24 bits per heavy atom. The Kier molecular flexibility index (Phi) is 10.7. The summed E-state index contributed by atoms with van der Waals surface area (Å²) in [6.45, 7) is 2.20. The molecule has 100 valence electrons. The zero-order valence-electron chi connectivity index (χ0n) is 10.4. The maximum absolute atomic E-state index is 10.9. The molecule has 0 heterocycles. The zero-order chi connectivity index (χ0) is 13.1. The van der Waals surface area contributed by atoms with E-state index < -0.39 is 12.0 Å². The van der Waals surface area contributed by atoms with Crippen molar-refractivity contribution in [2.75, 3.05) is 0 Å². The Morgan fingerprint density at radius 3 is 2.24 bits per heavy atom. The molecular formula is C12H23NO2S2. The molecule has 2 N–H and O–H groups in total. The van der Waals surface area contributed by atoms with E-state index in [1.54, 1.807) is 0 Å². The van der Waals surface area contributed by atoms with Crippen molar-refractivity contribution >= 4 is 35.1 Å². The number of hydrogen-bond acceptors (Lipinski definition) is 2. The minimum absolute atomic E-state index is 0.250. The second-order valence-electron chi connectivity index (χ2n) is 4.25. The number of rotatable bonds is 10. The number of carboxylic acid groups (broad SMARTS) is 1. The average Bonchev–Trinajstić information content (AvgIpc) is 2.25. The molecular weight excluding hydrogens is 254 g/mol. The Hall–Kier alpha value is -0.290. The van der Waals surface area contributed by atoms with E-state index in [0.29, 0.717) is 6.42 Å². The summed E-state index contributed by atoms with van der Waals surface area (Å²) < 4.78 is 0.250. The van der Waals surface area contributed by atoms with Crippen molar-refractivity contribution in [3.63, 3.8) is 0 Å². The van der Waals surface area contributed by atoms with Crippen LogP contribution < -0.4 is 5.32 Å². The number of carboxylic acids is 1. The van der Waals surface area contributed by atoms with Gasteiger partial charge in [-0.05, 0) is 6.42 Å². The minimum Gasteiger partial charge on any atom is -0.480 e. The predicted molar refractivity (Wildman–Crippen MR) is 78.8 cm³/mol. The molecule has 0 saturated carbocycles. The number of hydrogen-bond donors (Lipinski definition) is 3. The van der Waals surface area contributed by atoms with E-state index in [4.69, 9.17) is 17.3 Å². The van der Waals surface area contributed by atoms with E-state index in [1.807, 2.05) is 0 Å². The Labute approximate surface area is 115 Å². The van der Waals surface area contributed by atoms with E-state index in [1.165, 1.54) is 32.1 Å². The second-order valence-corrected chi connectivity index (χ2v) is 5.41. The molecule has 0 fully saturated rings. The molecule has 0 bridgehead atoms. The van der Waals surface area contributed by atoms with Gasteiger partial charge in [0.25, 0.3) is 0 Å². The largest absolute Gasteiger partial charge is 0.480 e. The van der Waals surface area contributed by atoms with Crippen molar-refractivity contribution in [3.05, 3.63) is 0 Å². The van der Waals surface area contributed by atoms with Gasteiger partial charge in [0.05, 0.1) is 0 Å². The predicted octanol–water partition coefficient (Wildman–Crippen LogP) is 3.38. The van der Waals surface area contributed by atoms with Crippen molar-refractivity contribution in [1.29, 1.82) is 0 Å². The molecule has 0 radical (unpaired) electrons. The molecule has 0 aromatic heterocycles. The van der Waals surface area contributed by atoms with Gasteiger partial charge in [-0.3, -0.25) is 0 Å². The third kappa shape index (κ3) is 10.6. The summed E-state index contributed by atoms with van der Waals surface area (Å²) in [4.78, 5) is 10.9. The molecule has 0 aromatic rings. The van der Waals surface area contributed by atoms with Crippen LogP contribution in [0.1, 0.15) is 58.3 Å². The van der Waals surface area contributed by atoms with Gasteiger partial charge < -0.3 is 10.4 Å². The maximum Gasteiger partial charge on any atom is 0.326 e. The first-order chi connectivity index (χ1) is 8.07. The van der Waals surface area contributed by atoms with Crippen LogP contribution in [0.25, 0.3) is 0 Å². The SMILES string of the molecule is CCCCCCCCCC(NC(=S)S)C(=O)O. The number of unbranched alkanes of at least 4 members (excludes halogenated alkanes) is 6. The topological polar surface area (TPSA) is 49.3 Å². The van der Waals surface area contributed by atoms with Crippen molar-refractivity contribution in [1.82, 2.24) is 5.32 Å². The first-order valence-electron chi connectivity index (χ1n) is 6.30. The molecule has 0 saturated heterocycles. The van der Waals surface area contributed by atoms with Gasteiger partial charge in [0.2, 0.25) is 0 Å². The smallest absolute Gasteiger partial charge is 0.326 e. The fourth-order valence-electron chi connectivity index (χ4n) is 1.71. The summed E-state index contributed by atoms with van der Waals surface area (Å²) in [5.74, 6) is -0.854. The molecule has 0 aliphatic heterocycles. The van der Waals surface area contributed by atoms with Crippen LogP contribution in [0.3, 0.4) is 0 Å². The molecule has 17 heavy (non-hydrogen) atoms. The third-order valence-corrected chi connectivity index (χ3v) is 2.94. The molecule has 5 heteroatoms. The van der Waals surface area contributed by atoms with E-state index >= 15 is 0 Å². The molecule has 0 spiro atoms. The van der Waals surface area contributed by atoms with Gasteiger partial charge in [-0.2, -0.15) is 0 Å². The van der Waals surface area contributed by atoms with E-state index in [2.05, 4.69) is 24.9 Å². The van der Waals surface area contributed by atoms with Crippen molar-refractivity contribution < 1.29 is 9.90 Å². The minimum atomic E-state index is -0.854. The lowest BCUT2D eigenvalue weighted by atomic mass is 10.1. The van der Waals surface area contributed by atoms with Gasteiger partial charge in [0.15, 0.2) is 0 Å². The molecule has 0 aliphatic rings. The highest BCUT2D eigenvalue weighted by atomic mass is 32.1. The highest BCUT2D eigenvalue weighted by molar-refractivity contribution is 8.11. The fraction of sp³-hybridized carbons (Fsp3) is 0.833. The first-order valence-corrected chi connectivity index (χ1v) is 7.15. The lowest BCUT2D eigenvalue weighted by Crippen LogP contribution is -2.37. The number of aliphatic carboxylic acids is 1. The van der Waals surface area contributed by atoms with Gasteiger partial charge in [-0.25, -0.2) is 4.79 Å². The average molecular weight is 277 g/mol. The van der Waals surface area contributed by atoms with E-state index in [9.17, 15) is 4.79 Å². The Morgan fingerprint density at radius 2 is 1.76 bits per heavy atom. The Balaban J connectivity index is 3.55. The first kappa shape index (κ1) is 16.7. The highest BCUT2D eigenvalue weighted by Gasteiger charge is 2.16. The summed E-state index contributed by atoms with van der Waals surface area (Å²) in [5, 5.41) is 11.6. The van der Waals surface area contributed by atoms with Crippen LogP contribution in [-0.4, -0.2) is 21.4 Å². The maximum atomic E-state index is 10.9. The molecule has 0 rings (SSSR count). The van der Waals surface area contributed by atoms with E-state index in [0.717, 1.165) is 12.8 Å². The van der Waals surface area contributed by atoms with Gasteiger partial charge in [0, 0.05) is 0 Å². The second kappa shape index (κ2) is 10.8. The van der Waals surface area contributed by atoms with Crippen LogP contribution in [0.5, 0.6) is 0 Å². The summed E-state index contributed by atoms with van der Waals surface area (Å²) >= 11 is 8.62. The fourth-order valence-corrected chi connectivity index (χ4v) is 2.01.